The van der Waals surface area contributed by atoms with Gasteiger partial charge in [-0.1, -0.05) is 0 Å². The van der Waals surface area contributed by atoms with E-state index in [9.17, 15) is 14.7 Å². The molecule has 116 valence electrons. The van der Waals surface area contributed by atoms with E-state index in [1.807, 2.05) is 13.8 Å². The molecule has 0 spiro atoms. The highest BCUT2D eigenvalue weighted by molar-refractivity contribution is 5.93. The van der Waals surface area contributed by atoms with Crippen LogP contribution in [-0.4, -0.2) is 43.9 Å². The summed E-state index contributed by atoms with van der Waals surface area (Å²) < 4.78 is 1.74. The highest BCUT2D eigenvalue weighted by atomic mass is 16.4. The first kappa shape index (κ1) is 15.3. The Morgan fingerprint density at radius 2 is 2.14 bits per heavy atom. The number of piperidine rings is 1. The quantitative estimate of drug-likeness (QED) is 0.895. The molecule has 1 aliphatic heterocycles. The average Bonchev–Trinajstić information content (AvgIpc) is 2.87. The number of carbonyl (C=O) groups is 2. The van der Waals surface area contributed by atoms with E-state index < -0.39 is 11.5 Å². The van der Waals surface area contributed by atoms with Crippen LogP contribution in [0.4, 0.5) is 10.5 Å². The van der Waals surface area contributed by atoms with Crippen molar-refractivity contribution < 1.29 is 14.7 Å². The number of likely N-dealkylation sites (tertiary alicyclic amines) is 1. The highest BCUT2D eigenvalue weighted by Gasteiger charge is 2.44. The molecule has 0 bridgehead atoms. The second kappa shape index (κ2) is 5.75. The van der Waals surface area contributed by atoms with Crippen molar-refractivity contribution in [3.05, 3.63) is 12.4 Å². The van der Waals surface area contributed by atoms with Crippen molar-refractivity contribution in [3.8, 4) is 0 Å². The number of aliphatic carboxylic acids is 1. The van der Waals surface area contributed by atoms with Gasteiger partial charge in [-0.05, 0) is 40.0 Å². The van der Waals surface area contributed by atoms with Gasteiger partial charge in [-0.15, -0.1) is 0 Å². The lowest BCUT2D eigenvalue weighted by atomic mass is 9.89. The third kappa shape index (κ3) is 3.01. The Morgan fingerprint density at radius 1 is 1.43 bits per heavy atom. The first-order valence-corrected chi connectivity index (χ1v) is 7.21. The number of carboxylic acids is 1. The van der Waals surface area contributed by atoms with Gasteiger partial charge >= 0.3 is 12.0 Å². The summed E-state index contributed by atoms with van der Waals surface area (Å²) in [5.74, 6) is -0.963. The molecule has 1 unspecified atom stereocenters. The molecule has 1 aromatic rings. The first-order chi connectivity index (χ1) is 9.84. The number of carboxylic acid groups (broad SMARTS) is 1. The molecule has 2 N–H and O–H groups in total. The van der Waals surface area contributed by atoms with E-state index in [1.165, 1.54) is 4.90 Å². The maximum atomic E-state index is 12.4. The molecule has 0 aliphatic carbocycles. The third-order valence-electron chi connectivity index (χ3n) is 3.98. The lowest BCUT2D eigenvalue weighted by Gasteiger charge is -2.41. The van der Waals surface area contributed by atoms with Crippen LogP contribution in [0.1, 0.15) is 46.1 Å². The molecule has 2 rings (SSSR count). The van der Waals surface area contributed by atoms with Crippen LogP contribution in [0.2, 0.25) is 0 Å². The van der Waals surface area contributed by atoms with Gasteiger partial charge in [0.25, 0.3) is 0 Å². The van der Waals surface area contributed by atoms with Crippen molar-refractivity contribution in [3.63, 3.8) is 0 Å². The number of nitrogens with zero attached hydrogens (tertiary/aromatic N) is 3. The van der Waals surface area contributed by atoms with Crippen molar-refractivity contribution >= 4 is 17.7 Å². The van der Waals surface area contributed by atoms with Crippen LogP contribution < -0.4 is 5.32 Å². The molecule has 0 saturated carbocycles. The van der Waals surface area contributed by atoms with Crippen LogP contribution in [-0.2, 0) is 4.79 Å². The molecule has 1 saturated heterocycles. The van der Waals surface area contributed by atoms with Crippen LogP contribution in [0.25, 0.3) is 0 Å². The van der Waals surface area contributed by atoms with Crippen molar-refractivity contribution in [1.82, 2.24) is 14.7 Å². The molecule has 1 aromatic heterocycles. The maximum Gasteiger partial charge on any atom is 0.329 e. The van der Waals surface area contributed by atoms with Crippen LogP contribution >= 0.6 is 0 Å². The fourth-order valence-corrected chi connectivity index (χ4v) is 2.54. The maximum absolute atomic E-state index is 12.4. The summed E-state index contributed by atoms with van der Waals surface area (Å²) in [6.07, 6.45) is 5.42. The molecule has 7 heteroatoms. The second-order valence-corrected chi connectivity index (χ2v) is 5.92. The van der Waals surface area contributed by atoms with Crippen LogP contribution in [0.5, 0.6) is 0 Å². The molecule has 0 aromatic carbocycles. The van der Waals surface area contributed by atoms with Crippen LogP contribution in [0, 0.1) is 0 Å². The molecule has 2 heterocycles. The highest BCUT2D eigenvalue weighted by Crippen LogP contribution is 2.29. The number of anilines is 1. The van der Waals surface area contributed by atoms with Gasteiger partial charge < -0.3 is 15.3 Å². The molecular formula is C14H22N4O3. The monoisotopic (exact) mass is 294 g/mol. The summed E-state index contributed by atoms with van der Waals surface area (Å²) in [6.45, 7) is 6.04. The van der Waals surface area contributed by atoms with Gasteiger partial charge in [0.1, 0.15) is 5.54 Å². The Bertz CT molecular complexity index is 540. The molecular weight excluding hydrogens is 272 g/mol. The summed E-state index contributed by atoms with van der Waals surface area (Å²) in [5.41, 5.74) is -0.567. The molecule has 2 amide bonds. The van der Waals surface area contributed by atoms with E-state index in [1.54, 1.807) is 24.0 Å². The fraction of sp³-hybridized carbons (Fsp3) is 0.643. The second-order valence-electron chi connectivity index (χ2n) is 5.92. The Balaban J connectivity index is 2.12. The number of aromatic nitrogens is 2. The Hall–Kier alpha value is -2.05. The Labute approximate surface area is 123 Å². The van der Waals surface area contributed by atoms with E-state index in [0.717, 1.165) is 12.8 Å². The van der Waals surface area contributed by atoms with Gasteiger partial charge in [-0.3, -0.25) is 4.68 Å². The van der Waals surface area contributed by atoms with Gasteiger partial charge in [0, 0.05) is 18.8 Å². The topological polar surface area (TPSA) is 87.5 Å². The van der Waals surface area contributed by atoms with Crippen molar-refractivity contribution in [2.45, 2.75) is 51.6 Å². The van der Waals surface area contributed by atoms with E-state index in [2.05, 4.69) is 10.4 Å². The van der Waals surface area contributed by atoms with Crippen LogP contribution in [0.15, 0.2) is 12.4 Å². The predicted molar refractivity (Wildman–Crippen MR) is 78.2 cm³/mol. The van der Waals surface area contributed by atoms with Crippen molar-refractivity contribution in [1.29, 1.82) is 0 Å². The van der Waals surface area contributed by atoms with Gasteiger partial charge in [0.2, 0.25) is 0 Å². The lowest BCUT2D eigenvalue weighted by Crippen LogP contribution is -2.58. The molecule has 1 atom stereocenters. The number of nitrogens with one attached hydrogen (secondary N) is 1. The summed E-state index contributed by atoms with van der Waals surface area (Å²) in [6, 6.07) is -0.183. The average molecular weight is 294 g/mol. The number of rotatable bonds is 3. The third-order valence-corrected chi connectivity index (χ3v) is 3.98. The molecule has 7 nitrogen and oxygen atoms in total. The molecule has 21 heavy (non-hydrogen) atoms. The van der Waals surface area contributed by atoms with Crippen LogP contribution in [0.3, 0.4) is 0 Å². The zero-order valence-electron chi connectivity index (χ0n) is 12.7. The minimum Gasteiger partial charge on any atom is -0.480 e. The smallest absolute Gasteiger partial charge is 0.329 e. The Morgan fingerprint density at radius 3 is 2.71 bits per heavy atom. The number of carbonyl (C=O) groups excluding carboxylic acids is 1. The van der Waals surface area contributed by atoms with Gasteiger partial charge in [0.05, 0.1) is 11.9 Å². The minimum absolute atomic E-state index is 0.204. The standard InChI is InChI=1S/C14H22N4O3/c1-10(2)18-9-11(8-15-18)16-13(21)17-7-5-4-6-14(17,3)12(19)20/h8-10H,4-7H2,1-3H3,(H,16,21)(H,19,20). The SMILES string of the molecule is CC(C)n1cc(NC(=O)N2CCCCC2(C)C(=O)O)cn1. The summed E-state index contributed by atoms with van der Waals surface area (Å²) >= 11 is 0. The van der Waals surface area contributed by atoms with Crippen molar-refractivity contribution in [2.24, 2.45) is 0 Å². The van der Waals surface area contributed by atoms with E-state index >= 15 is 0 Å². The fourth-order valence-electron chi connectivity index (χ4n) is 2.54. The zero-order valence-corrected chi connectivity index (χ0v) is 12.7. The first-order valence-electron chi connectivity index (χ1n) is 7.21. The Kier molecular flexibility index (Phi) is 4.20. The number of hydrogen-bond donors (Lipinski definition) is 2. The van der Waals surface area contributed by atoms with Gasteiger partial charge in [-0.25, -0.2) is 9.59 Å². The van der Waals surface area contributed by atoms with Gasteiger partial charge in [-0.2, -0.15) is 5.10 Å². The summed E-state index contributed by atoms with van der Waals surface area (Å²) in [5, 5.41) is 16.3. The lowest BCUT2D eigenvalue weighted by molar-refractivity contribution is -0.150. The zero-order chi connectivity index (χ0) is 15.6. The molecule has 0 radical (unpaired) electrons. The van der Waals surface area contributed by atoms with E-state index in [0.29, 0.717) is 18.7 Å². The summed E-state index contributed by atoms with van der Waals surface area (Å²) in [4.78, 5) is 25.3. The number of hydrogen-bond acceptors (Lipinski definition) is 3. The number of urea groups is 1. The largest absolute Gasteiger partial charge is 0.480 e. The molecule has 1 fully saturated rings. The normalized spacial score (nSPS) is 22.4. The minimum atomic E-state index is -1.14. The van der Waals surface area contributed by atoms with Crippen molar-refractivity contribution in [2.75, 3.05) is 11.9 Å². The molecule has 1 aliphatic rings. The number of amides is 2. The van der Waals surface area contributed by atoms with E-state index in [4.69, 9.17) is 0 Å². The summed E-state index contributed by atoms with van der Waals surface area (Å²) in [7, 11) is 0. The van der Waals surface area contributed by atoms with E-state index in [-0.39, 0.29) is 12.1 Å². The predicted octanol–water partition coefficient (Wildman–Crippen LogP) is 2.33. The van der Waals surface area contributed by atoms with Gasteiger partial charge in [0.15, 0.2) is 0 Å².